The molecule has 0 radical (unpaired) electrons. The molecule has 0 N–H and O–H groups in total. The molecule has 0 amide bonds. The van der Waals surface area contributed by atoms with Crippen LogP contribution >= 0.6 is 22.6 Å². The molecule has 0 aromatic carbocycles. The van der Waals surface area contributed by atoms with Crippen LogP contribution in [0.2, 0.25) is 0 Å². The summed E-state index contributed by atoms with van der Waals surface area (Å²) in [4.78, 5) is 0. The Labute approximate surface area is 117 Å². The lowest BCUT2D eigenvalue weighted by Gasteiger charge is -2.12. The largest absolute Gasteiger partial charge is 0.390 e. The molecule has 0 nitrogen and oxygen atoms in total. The topological polar surface area (TPSA) is 0 Å². The zero-order chi connectivity index (χ0) is 13.1. The third-order valence-electron chi connectivity index (χ3n) is 2.82. The molecule has 4 heteroatoms. The highest BCUT2D eigenvalue weighted by Gasteiger charge is 2.30. The van der Waals surface area contributed by atoms with Crippen LogP contribution in [0.25, 0.3) is 0 Å². The molecule has 1 unspecified atom stereocenters. The monoisotopic (exact) mass is 364 g/mol. The van der Waals surface area contributed by atoms with Crippen molar-refractivity contribution in [1.29, 1.82) is 0 Å². The van der Waals surface area contributed by atoms with Gasteiger partial charge in [-0.3, -0.25) is 0 Å². The molecule has 0 fully saturated rings. The molecular formula is C13H24F3I. The number of unbranched alkanes of at least 4 members (excludes halogenated alkanes) is 7. The van der Waals surface area contributed by atoms with Crippen molar-refractivity contribution in [2.24, 2.45) is 0 Å². The highest BCUT2D eigenvalue weighted by atomic mass is 127. The number of rotatable bonds is 10. The first-order valence-corrected chi connectivity index (χ1v) is 7.91. The quantitative estimate of drug-likeness (QED) is 0.243. The van der Waals surface area contributed by atoms with Gasteiger partial charge in [-0.15, -0.1) is 0 Å². The predicted molar refractivity (Wildman–Crippen MR) is 75.7 cm³/mol. The normalized spacial score (nSPS) is 13.9. The molecule has 0 aromatic rings. The van der Waals surface area contributed by atoms with Crippen LogP contribution in [0, 0.1) is 0 Å². The average Bonchev–Trinajstić information content (AvgIpc) is 2.19. The summed E-state index contributed by atoms with van der Waals surface area (Å²) in [6.07, 6.45) is 5.68. The lowest BCUT2D eigenvalue weighted by Crippen LogP contribution is -2.14. The maximum Gasteiger partial charge on any atom is 0.390 e. The predicted octanol–water partition coefficient (Wildman–Crippen LogP) is 6.27. The summed E-state index contributed by atoms with van der Waals surface area (Å²) in [5.41, 5.74) is 0. The fourth-order valence-corrected chi connectivity index (χ4v) is 2.79. The molecule has 0 spiro atoms. The summed E-state index contributed by atoms with van der Waals surface area (Å²) >= 11 is 1.93. The molecule has 104 valence electrons. The van der Waals surface area contributed by atoms with Crippen molar-refractivity contribution >= 4 is 22.6 Å². The number of hydrogen-bond acceptors (Lipinski definition) is 0. The van der Waals surface area contributed by atoms with Crippen molar-refractivity contribution < 1.29 is 13.2 Å². The molecule has 0 saturated carbocycles. The van der Waals surface area contributed by atoms with Gasteiger partial charge in [0.05, 0.1) is 6.42 Å². The van der Waals surface area contributed by atoms with Crippen molar-refractivity contribution in [2.45, 2.75) is 81.2 Å². The summed E-state index contributed by atoms with van der Waals surface area (Å²) in [7, 11) is 0. The zero-order valence-electron chi connectivity index (χ0n) is 10.7. The second-order valence-corrected chi connectivity index (χ2v) is 6.44. The lowest BCUT2D eigenvalue weighted by molar-refractivity contribution is -0.133. The van der Waals surface area contributed by atoms with E-state index in [0.29, 0.717) is 6.42 Å². The first kappa shape index (κ1) is 17.5. The second-order valence-electron chi connectivity index (χ2n) is 4.68. The van der Waals surface area contributed by atoms with Gasteiger partial charge in [-0.2, -0.15) is 13.2 Å². The molecular weight excluding hydrogens is 340 g/mol. The average molecular weight is 364 g/mol. The molecule has 0 aliphatic heterocycles. The van der Waals surface area contributed by atoms with Gasteiger partial charge in [-0.1, -0.05) is 80.9 Å². The summed E-state index contributed by atoms with van der Waals surface area (Å²) in [6, 6.07) is 0. The SMILES string of the molecule is CCCCCCCCCCC(I)CC(F)(F)F. The number of alkyl halides is 4. The first-order valence-electron chi connectivity index (χ1n) is 6.66. The van der Waals surface area contributed by atoms with Gasteiger partial charge in [-0.05, 0) is 6.42 Å². The Balaban J connectivity index is 3.22. The molecule has 0 rings (SSSR count). The lowest BCUT2D eigenvalue weighted by atomic mass is 10.1. The van der Waals surface area contributed by atoms with Crippen molar-refractivity contribution in [3.63, 3.8) is 0 Å². The first-order chi connectivity index (χ1) is 7.95. The Morgan fingerprint density at radius 3 is 1.82 bits per heavy atom. The van der Waals surface area contributed by atoms with Crippen LogP contribution < -0.4 is 0 Å². The fourth-order valence-electron chi connectivity index (χ4n) is 1.85. The van der Waals surface area contributed by atoms with Crippen LogP contribution in [-0.2, 0) is 0 Å². The maximum absolute atomic E-state index is 12.0. The van der Waals surface area contributed by atoms with Gasteiger partial charge in [-0.25, -0.2) is 0 Å². The van der Waals surface area contributed by atoms with Gasteiger partial charge in [0.1, 0.15) is 0 Å². The van der Waals surface area contributed by atoms with Gasteiger partial charge in [0, 0.05) is 3.92 Å². The highest BCUT2D eigenvalue weighted by molar-refractivity contribution is 14.1. The van der Waals surface area contributed by atoms with Gasteiger partial charge < -0.3 is 0 Å². The van der Waals surface area contributed by atoms with Gasteiger partial charge >= 0.3 is 6.18 Å². The van der Waals surface area contributed by atoms with Crippen LogP contribution in [0.5, 0.6) is 0 Å². The third-order valence-corrected chi connectivity index (χ3v) is 3.89. The van der Waals surface area contributed by atoms with E-state index in [-0.39, 0.29) is 3.92 Å². The van der Waals surface area contributed by atoms with E-state index in [1.165, 1.54) is 38.5 Å². The maximum atomic E-state index is 12.0. The Hall–Kier alpha value is 0.520. The van der Waals surface area contributed by atoms with Crippen LogP contribution in [0.15, 0.2) is 0 Å². The molecule has 17 heavy (non-hydrogen) atoms. The van der Waals surface area contributed by atoms with Crippen LogP contribution in [0.1, 0.15) is 71.1 Å². The summed E-state index contributed by atoms with van der Waals surface area (Å²) in [5.74, 6) is 0. The van der Waals surface area contributed by atoms with Crippen LogP contribution in [0.4, 0.5) is 13.2 Å². The third kappa shape index (κ3) is 14.5. The van der Waals surface area contributed by atoms with Gasteiger partial charge in [0.15, 0.2) is 0 Å². The minimum absolute atomic E-state index is 0.243. The van der Waals surface area contributed by atoms with Crippen LogP contribution in [-0.4, -0.2) is 10.1 Å². The Bertz CT molecular complexity index is 169. The second kappa shape index (κ2) is 10.4. The van der Waals surface area contributed by atoms with E-state index in [0.717, 1.165) is 12.8 Å². The Kier molecular flexibility index (Phi) is 10.8. The number of halogens is 4. The van der Waals surface area contributed by atoms with Crippen molar-refractivity contribution in [2.75, 3.05) is 0 Å². The molecule has 0 aliphatic rings. The Morgan fingerprint density at radius 2 is 1.35 bits per heavy atom. The molecule has 1 atom stereocenters. The molecule has 0 bridgehead atoms. The molecule has 0 heterocycles. The summed E-state index contributed by atoms with van der Waals surface area (Å²) in [5, 5.41) is 0. The van der Waals surface area contributed by atoms with E-state index < -0.39 is 12.6 Å². The van der Waals surface area contributed by atoms with E-state index >= 15 is 0 Å². The minimum atomic E-state index is -3.99. The van der Waals surface area contributed by atoms with Crippen LogP contribution in [0.3, 0.4) is 0 Å². The van der Waals surface area contributed by atoms with E-state index in [1.807, 2.05) is 22.6 Å². The summed E-state index contributed by atoms with van der Waals surface area (Å²) in [6.45, 7) is 2.20. The van der Waals surface area contributed by atoms with E-state index in [9.17, 15) is 13.2 Å². The molecule has 0 saturated heterocycles. The van der Waals surface area contributed by atoms with Crippen molar-refractivity contribution in [3.05, 3.63) is 0 Å². The van der Waals surface area contributed by atoms with Gasteiger partial charge in [0.25, 0.3) is 0 Å². The van der Waals surface area contributed by atoms with E-state index in [1.54, 1.807) is 0 Å². The standard InChI is InChI=1S/C13H24F3I/c1-2-3-4-5-6-7-8-9-10-12(17)11-13(14,15)16/h12H,2-11H2,1H3. The fraction of sp³-hybridized carbons (Fsp3) is 1.00. The smallest absolute Gasteiger partial charge is 0.171 e. The van der Waals surface area contributed by atoms with Gasteiger partial charge in [0.2, 0.25) is 0 Å². The highest BCUT2D eigenvalue weighted by Crippen LogP contribution is 2.28. The number of hydrogen-bond donors (Lipinski definition) is 0. The van der Waals surface area contributed by atoms with E-state index in [4.69, 9.17) is 0 Å². The zero-order valence-corrected chi connectivity index (χ0v) is 12.8. The minimum Gasteiger partial charge on any atom is -0.171 e. The molecule has 0 aliphatic carbocycles. The Morgan fingerprint density at radius 1 is 0.882 bits per heavy atom. The van der Waals surface area contributed by atoms with Crippen molar-refractivity contribution in [1.82, 2.24) is 0 Å². The molecule has 0 aromatic heterocycles. The van der Waals surface area contributed by atoms with Crippen molar-refractivity contribution in [3.8, 4) is 0 Å². The van der Waals surface area contributed by atoms with E-state index in [2.05, 4.69) is 6.92 Å². The summed E-state index contributed by atoms with van der Waals surface area (Å²) < 4.78 is 35.9.